The third kappa shape index (κ3) is 4.14. The standard InChI is InChI=1S/C44H28N4/c45-27-31-24-30(34-14-1-6-19-39(34)48-42-22-9-4-17-37(42)38-18-5-10-23-43(38)48)25-32(28-46)44(31)29-12-11-13-33(26-29)47-40-20-7-2-15-35(40)36-16-3-8-21-41(36)47/h1-26,37,42H. The van der Waals surface area contributed by atoms with E-state index in [4.69, 9.17) is 0 Å². The van der Waals surface area contributed by atoms with Crippen LogP contribution in [0, 0.1) is 22.7 Å². The number of anilines is 2. The first-order chi connectivity index (χ1) is 23.7. The van der Waals surface area contributed by atoms with Crippen molar-refractivity contribution in [1.29, 1.82) is 10.5 Å². The molecule has 2 atom stereocenters. The lowest BCUT2D eigenvalue weighted by atomic mass is 9.89. The van der Waals surface area contributed by atoms with Crippen molar-refractivity contribution < 1.29 is 0 Å². The van der Waals surface area contributed by atoms with E-state index in [0.29, 0.717) is 16.7 Å². The minimum atomic E-state index is 0.141. The molecule has 2 heterocycles. The summed E-state index contributed by atoms with van der Waals surface area (Å²) in [5.74, 6) is 0.257. The fourth-order valence-electron chi connectivity index (χ4n) is 7.78. The molecule has 0 amide bonds. The minimum absolute atomic E-state index is 0.141. The van der Waals surface area contributed by atoms with E-state index in [1.165, 1.54) is 22.0 Å². The van der Waals surface area contributed by atoms with Crippen molar-refractivity contribution in [2.24, 2.45) is 0 Å². The number of rotatable bonds is 4. The number of hydrogen-bond donors (Lipinski definition) is 0. The van der Waals surface area contributed by atoms with Gasteiger partial charge in [0.05, 0.1) is 40.3 Å². The van der Waals surface area contributed by atoms with Gasteiger partial charge in [-0.3, -0.25) is 0 Å². The predicted molar refractivity (Wildman–Crippen MR) is 194 cm³/mol. The minimum Gasteiger partial charge on any atom is -0.333 e. The molecule has 224 valence electrons. The van der Waals surface area contributed by atoms with E-state index in [1.54, 1.807) is 0 Å². The third-order valence-electron chi connectivity index (χ3n) is 9.79. The van der Waals surface area contributed by atoms with Crippen LogP contribution in [0.5, 0.6) is 0 Å². The second-order valence-electron chi connectivity index (χ2n) is 12.3. The number of benzene rings is 6. The van der Waals surface area contributed by atoms with Crippen LogP contribution in [-0.4, -0.2) is 10.6 Å². The van der Waals surface area contributed by atoms with Crippen molar-refractivity contribution in [3.63, 3.8) is 0 Å². The molecular weight excluding hydrogens is 585 g/mol. The van der Waals surface area contributed by atoms with E-state index in [2.05, 4.69) is 149 Å². The molecule has 6 aromatic carbocycles. The van der Waals surface area contributed by atoms with Gasteiger partial charge in [-0.1, -0.05) is 109 Å². The molecule has 1 aliphatic carbocycles. The normalized spacial score (nSPS) is 16.1. The van der Waals surface area contributed by atoms with E-state index in [9.17, 15) is 10.5 Å². The molecule has 0 spiro atoms. The Labute approximate surface area is 279 Å². The van der Waals surface area contributed by atoms with Crippen LogP contribution in [0.1, 0.15) is 22.6 Å². The fraction of sp³-hybridized carbons (Fsp3) is 0.0455. The Morgan fingerprint density at radius 3 is 1.90 bits per heavy atom. The highest BCUT2D eigenvalue weighted by Gasteiger charge is 2.38. The van der Waals surface area contributed by atoms with Gasteiger partial charge in [-0.25, -0.2) is 0 Å². The smallest absolute Gasteiger partial charge is 0.0998 e. The highest BCUT2D eigenvalue weighted by atomic mass is 15.2. The molecule has 2 unspecified atom stereocenters. The zero-order chi connectivity index (χ0) is 32.2. The first-order valence-electron chi connectivity index (χ1n) is 16.1. The number of fused-ring (bicyclic) bond motifs is 6. The maximum atomic E-state index is 10.6. The van der Waals surface area contributed by atoms with Crippen molar-refractivity contribution in [1.82, 2.24) is 4.57 Å². The Morgan fingerprint density at radius 2 is 1.17 bits per heavy atom. The Bertz CT molecular complexity index is 2480. The molecule has 0 N–H and O–H groups in total. The van der Waals surface area contributed by atoms with Crippen LogP contribution in [0.25, 0.3) is 49.7 Å². The van der Waals surface area contributed by atoms with E-state index >= 15 is 0 Å². The van der Waals surface area contributed by atoms with Gasteiger partial charge in [-0.05, 0) is 65.2 Å². The van der Waals surface area contributed by atoms with Crippen LogP contribution in [0.2, 0.25) is 0 Å². The second kappa shape index (κ2) is 11.0. The topological polar surface area (TPSA) is 55.8 Å². The molecule has 1 aromatic heterocycles. The lowest BCUT2D eigenvalue weighted by Crippen LogP contribution is -2.28. The van der Waals surface area contributed by atoms with Gasteiger partial charge >= 0.3 is 0 Å². The molecule has 0 saturated carbocycles. The van der Waals surface area contributed by atoms with Crippen LogP contribution in [-0.2, 0) is 0 Å². The van der Waals surface area contributed by atoms with Gasteiger partial charge in [-0.15, -0.1) is 0 Å². The molecule has 4 heteroatoms. The molecule has 0 fully saturated rings. The van der Waals surface area contributed by atoms with Crippen molar-refractivity contribution in [3.05, 3.63) is 174 Å². The molecule has 0 bridgehead atoms. The molecule has 9 rings (SSSR count). The molecule has 2 aliphatic rings. The van der Waals surface area contributed by atoms with Crippen molar-refractivity contribution in [2.45, 2.75) is 12.0 Å². The monoisotopic (exact) mass is 612 g/mol. The first-order valence-corrected chi connectivity index (χ1v) is 16.1. The second-order valence-corrected chi connectivity index (χ2v) is 12.3. The fourth-order valence-corrected chi connectivity index (χ4v) is 7.78. The summed E-state index contributed by atoms with van der Waals surface area (Å²) in [4.78, 5) is 2.40. The molecule has 48 heavy (non-hydrogen) atoms. The third-order valence-corrected chi connectivity index (χ3v) is 9.79. The number of para-hydroxylation sites is 4. The first kappa shape index (κ1) is 27.7. The Morgan fingerprint density at radius 1 is 0.542 bits per heavy atom. The highest BCUT2D eigenvalue weighted by Crippen LogP contribution is 2.50. The maximum Gasteiger partial charge on any atom is 0.0998 e. The average Bonchev–Trinajstić information content (AvgIpc) is 3.67. The van der Waals surface area contributed by atoms with Crippen LogP contribution in [0.3, 0.4) is 0 Å². The molecule has 1 aliphatic heterocycles. The maximum absolute atomic E-state index is 10.6. The number of hydrogen-bond acceptors (Lipinski definition) is 3. The predicted octanol–water partition coefficient (Wildman–Crippen LogP) is 10.6. The molecule has 7 aromatic rings. The zero-order valence-corrected chi connectivity index (χ0v) is 26.0. The van der Waals surface area contributed by atoms with Crippen LogP contribution in [0.4, 0.5) is 11.4 Å². The van der Waals surface area contributed by atoms with E-state index in [0.717, 1.165) is 39.1 Å². The van der Waals surface area contributed by atoms with Crippen molar-refractivity contribution >= 4 is 33.2 Å². The Kier molecular flexibility index (Phi) is 6.35. The molecular formula is C44H28N4. The molecule has 4 nitrogen and oxygen atoms in total. The van der Waals surface area contributed by atoms with Crippen molar-refractivity contribution in [2.75, 3.05) is 4.90 Å². The Balaban J connectivity index is 1.20. The summed E-state index contributed by atoms with van der Waals surface area (Å²) in [7, 11) is 0. The van der Waals surface area contributed by atoms with Crippen LogP contribution >= 0.6 is 0 Å². The summed E-state index contributed by atoms with van der Waals surface area (Å²) in [6.45, 7) is 0. The number of nitriles is 2. The summed E-state index contributed by atoms with van der Waals surface area (Å²) in [6.07, 6.45) is 8.78. The van der Waals surface area contributed by atoms with Crippen LogP contribution in [0.15, 0.2) is 158 Å². The van der Waals surface area contributed by atoms with Gasteiger partial charge in [0.15, 0.2) is 0 Å². The van der Waals surface area contributed by atoms with Gasteiger partial charge in [0.2, 0.25) is 0 Å². The van der Waals surface area contributed by atoms with Gasteiger partial charge in [0, 0.05) is 44.9 Å². The molecule has 0 saturated heterocycles. The quantitative estimate of drug-likeness (QED) is 0.199. The van der Waals surface area contributed by atoms with Gasteiger partial charge < -0.3 is 9.47 Å². The zero-order valence-electron chi connectivity index (χ0n) is 26.0. The lowest BCUT2D eigenvalue weighted by Gasteiger charge is -2.30. The van der Waals surface area contributed by atoms with E-state index in [-0.39, 0.29) is 12.0 Å². The number of aromatic nitrogens is 1. The summed E-state index contributed by atoms with van der Waals surface area (Å²) < 4.78 is 2.26. The highest BCUT2D eigenvalue weighted by molar-refractivity contribution is 6.09. The van der Waals surface area contributed by atoms with Crippen LogP contribution < -0.4 is 4.90 Å². The van der Waals surface area contributed by atoms with E-state index in [1.807, 2.05) is 30.3 Å². The van der Waals surface area contributed by atoms with Gasteiger partial charge in [-0.2, -0.15) is 10.5 Å². The van der Waals surface area contributed by atoms with E-state index < -0.39 is 0 Å². The summed E-state index contributed by atoms with van der Waals surface area (Å²) in [5.41, 5.74) is 11.0. The lowest BCUT2D eigenvalue weighted by molar-refractivity contribution is 0.745. The average molecular weight is 613 g/mol. The Hall–Kier alpha value is -6.62. The summed E-state index contributed by atoms with van der Waals surface area (Å²) >= 11 is 0. The summed E-state index contributed by atoms with van der Waals surface area (Å²) in [5, 5.41) is 23.5. The van der Waals surface area contributed by atoms with Gasteiger partial charge in [0.25, 0.3) is 0 Å². The molecule has 0 radical (unpaired) electrons. The number of nitrogens with zero attached hydrogens (tertiary/aromatic N) is 4. The SMILES string of the molecule is N#Cc1cc(-c2ccccc2N2c3ccccc3C3C=CC=CC32)cc(C#N)c1-c1cccc(-n2c3ccccc3c3ccccc32)c1. The largest absolute Gasteiger partial charge is 0.333 e. The van der Waals surface area contributed by atoms with Gasteiger partial charge in [0.1, 0.15) is 0 Å². The van der Waals surface area contributed by atoms with Crippen molar-refractivity contribution in [3.8, 4) is 40.1 Å². The number of allylic oxidation sites excluding steroid dienone is 2. The summed E-state index contributed by atoms with van der Waals surface area (Å²) in [6, 6.07) is 50.8.